The second kappa shape index (κ2) is 5.40. The third-order valence-electron chi connectivity index (χ3n) is 3.23. The van der Waals surface area contributed by atoms with Gasteiger partial charge in [0.1, 0.15) is 10.8 Å². The van der Waals surface area contributed by atoms with Crippen LogP contribution < -0.4 is 5.32 Å². The van der Waals surface area contributed by atoms with Gasteiger partial charge in [-0.3, -0.25) is 0 Å². The number of anilines is 1. The highest BCUT2D eigenvalue weighted by Gasteiger charge is 2.24. The number of halogens is 2. The summed E-state index contributed by atoms with van der Waals surface area (Å²) in [4.78, 5) is 7.97. The van der Waals surface area contributed by atoms with E-state index in [-0.39, 0.29) is 5.28 Å². The second-order valence-electron chi connectivity index (χ2n) is 5.09. The van der Waals surface area contributed by atoms with E-state index >= 15 is 0 Å². The van der Waals surface area contributed by atoms with Gasteiger partial charge in [0.2, 0.25) is 5.28 Å². The summed E-state index contributed by atoms with van der Waals surface area (Å²) in [6.45, 7) is 4.58. The van der Waals surface area contributed by atoms with Crippen LogP contribution in [-0.2, 0) is 0 Å². The molecule has 1 heterocycles. The minimum Gasteiger partial charge on any atom is -0.366 e. The van der Waals surface area contributed by atoms with Crippen molar-refractivity contribution in [3.05, 3.63) is 16.5 Å². The zero-order valence-electron chi connectivity index (χ0n) is 10.1. The van der Waals surface area contributed by atoms with Crippen LogP contribution in [0.2, 0.25) is 10.3 Å². The molecular formula is C12H17Cl2N3. The average Bonchev–Trinajstić information content (AvgIpc) is 2.22. The first kappa shape index (κ1) is 12.9. The molecule has 1 saturated carbocycles. The topological polar surface area (TPSA) is 37.8 Å². The number of hydrogen-bond acceptors (Lipinski definition) is 3. The number of rotatable bonds is 2. The van der Waals surface area contributed by atoms with E-state index in [1.165, 1.54) is 12.6 Å². The lowest BCUT2D eigenvalue weighted by Crippen LogP contribution is -2.30. The molecule has 0 amide bonds. The molecule has 0 bridgehead atoms. The molecule has 0 aromatic carbocycles. The predicted octanol–water partition coefficient (Wildman–Crippen LogP) is 4.02. The third-order valence-corrected chi connectivity index (χ3v) is 3.69. The van der Waals surface area contributed by atoms with Crippen LogP contribution in [0.3, 0.4) is 0 Å². The van der Waals surface area contributed by atoms with Gasteiger partial charge in [0.05, 0.1) is 6.20 Å². The summed E-state index contributed by atoms with van der Waals surface area (Å²) in [5.41, 5.74) is 0. The van der Waals surface area contributed by atoms with Crippen LogP contribution in [0.25, 0.3) is 0 Å². The zero-order chi connectivity index (χ0) is 12.4. The zero-order valence-corrected chi connectivity index (χ0v) is 11.6. The summed E-state index contributed by atoms with van der Waals surface area (Å²) < 4.78 is 0. The van der Waals surface area contributed by atoms with E-state index in [2.05, 4.69) is 29.1 Å². The second-order valence-corrected chi connectivity index (χ2v) is 5.84. The maximum atomic E-state index is 6.04. The van der Waals surface area contributed by atoms with Crippen molar-refractivity contribution in [2.75, 3.05) is 5.32 Å². The molecule has 3 nitrogen and oxygen atoms in total. The summed E-state index contributed by atoms with van der Waals surface area (Å²) in [5.74, 6) is 2.14. The Balaban J connectivity index is 2.07. The molecule has 2 atom stereocenters. The standard InChI is InChI=1S/C12H17Cl2N3/c1-7-3-8(2)5-9(4-7)16-11-10(13)6-15-12(14)17-11/h6-9H,3-5H2,1-2H3,(H,15,16,17). The molecule has 1 aromatic rings. The molecule has 1 aliphatic rings. The van der Waals surface area contributed by atoms with Crippen molar-refractivity contribution in [2.45, 2.75) is 39.2 Å². The van der Waals surface area contributed by atoms with Crippen molar-refractivity contribution >= 4 is 29.0 Å². The van der Waals surface area contributed by atoms with Gasteiger partial charge < -0.3 is 5.32 Å². The van der Waals surface area contributed by atoms with E-state index < -0.39 is 0 Å². The highest BCUT2D eigenvalue weighted by molar-refractivity contribution is 6.33. The minimum atomic E-state index is 0.230. The first-order valence-electron chi connectivity index (χ1n) is 5.99. The molecule has 0 radical (unpaired) electrons. The molecule has 0 saturated heterocycles. The molecule has 1 fully saturated rings. The number of hydrogen-bond donors (Lipinski definition) is 1. The fourth-order valence-electron chi connectivity index (χ4n) is 2.70. The van der Waals surface area contributed by atoms with E-state index in [0.29, 0.717) is 16.9 Å². The van der Waals surface area contributed by atoms with E-state index in [1.807, 2.05) is 0 Å². The van der Waals surface area contributed by atoms with Crippen LogP contribution in [0, 0.1) is 11.8 Å². The number of aromatic nitrogens is 2. The molecular weight excluding hydrogens is 257 g/mol. The molecule has 2 unspecified atom stereocenters. The van der Waals surface area contributed by atoms with Crippen LogP contribution >= 0.6 is 23.2 Å². The lowest BCUT2D eigenvalue weighted by Gasteiger charge is -2.32. The lowest BCUT2D eigenvalue weighted by atomic mass is 9.80. The van der Waals surface area contributed by atoms with Crippen LogP contribution in [-0.4, -0.2) is 16.0 Å². The summed E-state index contributed by atoms with van der Waals surface area (Å²) in [5, 5.41) is 4.14. The fourth-order valence-corrected chi connectivity index (χ4v) is 2.98. The van der Waals surface area contributed by atoms with Crippen molar-refractivity contribution in [1.29, 1.82) is 0 Å². The van der Waals surface area contributed by atoms with Gasteiger partial charge >= 0.3 is 0 Å². The predicted molar refractivity (Wildman–Crippen MR) is 71.6 cm³/mol. The SMILES string of the molecule is CC1CC(C)CC(Nc2nc(Cl)ncc2Cl)C1. The summed E-state index contributed by atoms with van der Waals surface area (Å²) in [6, 6.07) is 0.428. The fraction of sp³-hybridized carbons (Fsp3) is 0.667. The monoisotopic (exact) mass is 273 g/mol. The van der Waals surface area contributed by atoms with E-state index in [4.69, 9.17) is 23.2 Å². The highest BCUT2D eigenvalue weighted by Crippen LogP contribution is 2.31. The van der Waals surface area contributed by atoms with E-state index in [0.717, 1.165) is 24.7 Å². The number of nitrogens with zero attached hydrogens (tertiary/aromatic N) is 2. The van der Waals surface area contributed by atoms with Crippen molar-refractivity contribution in [2.24, 2.45) is 11.8 Å². The Morgan fingerprint density at radius 1 is 1.18 bits per heavy atom. The van der Waals surface area contributed by atoms with Gasteiger partial charge in [0.25, 0.3) is 0 Å². The molecule has 2 rings (SSSR count). The quantitative estimate of drug-likeness (QED) is 0.828. The Kier molecular flexibility index (Phi) is 4.10. The van der Waals surface area contributed by atoms with Gasteiger partial charge in [-0.2, -0.15) is 4.98 Å². The Labute approximate surface area is 112 Å². The van der Waals surface area contributed by atoms with Gasteiger partial charge in [0.15, 0.2) is 0 Å². The van der Waals surface area contributed by atoms with Gasteiger partial charge in [-0.15, -0.1) is 0 Å². The number of nitrogens with one attached hydrogen (secondary N) is 1. The first-order valence-corrected chi connectivity index (χ1v) is 6.74. The van der Waals surface area contributed by atoms with E-state index in [9.17, 15) is 0 Å². The largest absolute Gasteiger partial charge is 0.366 e. The Morgan fingerprint density at radius 2 is 1.82 bits per heavy atom. The molecule has 1 aliphatic carbocycles. The van der Waals surface area contributed by atoms with Crippen molar-refractivity contribution in [3.8, 4) is 0 Å². The normalized spacial score (nSPS) is 29.1. The first-order chi connectivity index (χ1) is 8.04. The highest BCUT2D eigenvalue weighted by atomic mass is 35.5. The summed E-state index contributed by atoms with van der Waals surface area (Å²) in [7, 11) is 0. The van der Waals surface area contributed by atoms with Crippen molar-refractivity contribution in [1.82, 2.24) is 9.97 Å². The maximum absolute atomic E-state index is 6.04. The van der Waals surface area contributed by atoms with Crippen LogP contribution in [0.1, 0.15) is 33.1 Å². The van der Waals surface area contributed by atoms with Crippen molar-refractivity contribution in [3.63, 3.8) is 0 Å². The molecule has 1 aromatic heterocycles. The van der Waals surface area contributed by atoms with Crippen molar-refractivity contribution < 1.29 is 0 Å². The Morgan fingerprint density at radius 3 is 2.47 bits per heavy atom. The average molecular weight is 274 g/mol. The molecule has 0 spiro atoms. The van der Waals surface area contributed by atoms with Gasteiger partial charge in [-0.05, 0) is 42.7 Å². The third kappa shape index (κ3) is 3.46. The molecule has 17 heavy (non-hydrogen) atoms. The van der Waals surface area contributed by atoms with Gasteiger partial charge in [-0.1, -0.05) is 25.4 Å². The van der Waals surface area contributed by atoms with Crippen LogP contribution in [0.15, 0.2) is 6.20 Å². The summed E-state index contributed by atoms with van der Waals surface area (Å²) >= 11 is 11.8. The molecule has 94 valence electrons. The molecule has 5 heteroatoms. The maximum Gasteiger partial charge on any atom is 0.224 e. The van der Waals surface area contributed by atoms with Gasteiger partial charge in [0, 0.05) is 6.04 Å². The summed E-state index contributed by atoms with van der Waals surface area (Å²) in [6.07, 6.45) is 5.15. The smallest absolute Gasteiger partial charge is 0.224 e. The van der Waals surface area contributed by atoms with Crippen LogP contribution in [0.4, 0.5) is 5.82 Å². The lowest BCUT2D eigenvalue weighted by molar-refractivity contribution is 0.280. The minimum absolute atomic E-state index is 0.230. The van der Waals surface area contributed by atoms with E-state index in [1.54, 1.807) is 0 Å². The Hall–Kier alpha value is -0.540. The van der Waals surface area contributed by atoms with Gasteiger partial charge in [-0.25, -0.2) is 4.98 Å². The van der Waals surface area contributed by atoms with Crippen LogP contribution in [0.5, 0.6) is 0 Å². The molecule has 1 N–H and O–H groups in total. The Bertz CT molecular complexity index is 387. The molecule has 0 aliphatic heterocycles.